The third-order valence-corrected chi connectivity index (χ3v) is 7.85. The van der Waals surface area contributed by atoms with Crippen LogP contribution >= 0.6 is 46.4 Å². The molecule has 3 rings (SSSR count). The van der Waals surface area contributed by atoms with Crippen LogP contribution in [-0.2, 0) is 9.47 Å². The SMILES string of the molecule is COC1(OC)[C@@]2(Cl)C(Cl)=C(Cl)[C@@]1(Cl)[C@H]1CCCC[C@@H]12. The van der Waals surface area contributed by atoms with Crippen molar-refractivity contribution in [1.82, 2.24) is 0 Å². The number of halogens is 4. The van der Waals surface area contributed by atoms with E-state index in [4.69, 9.17) is 55.9 Å². The van der Waals surface area contributed by atoms with Crippen molar-refractivity contribution in [3.63, 3.8) is 0 Å². The van der Waals surface area contributed by atoms with Crippen molar-refractivity contribution < 1.29 is 9.47 Å². The molecule has 0 amide bonds. The largest absolute Gasteiger partial charge is 0.350 e. The Morgan fingerprint density at radius 2 is 1.26 bits per heavy atom. The van der Waals surface area contributed by atoms with E-state index in [0.29, 0.717) is 10.1 Å². The van der Waals surface area contributed by atoms with Gasteiger partial charge in [-0.25, -0.2) is 0 Å². The van der Waals surface area contributed by atoms with Gasteiger partial charge in [-0.15, -0.1) is 23.2 Å². The number of ether oxygens (including phenoxy) is 2. The van der Waals surface area contributed by atoms with Gasteiger partial charge in [0.2, 0.25) is 5.79 Å². The second kappa shape index (κ2) is 4.41. The normalized spacial score (nSPS) is 47.7. The van der Waals surface area contributed by atoms with Crippen molar-refractivity contribution in [3.05, 3.63) is 10.1 Å². The van der Waals surface area contributed by atoms with Crippen molar-refractivity contribution >= 4 is 46.4 Å². The number of hydrogen-bond acceptors (Lipinski definition) is 2. The zero-order chi connectivity index (χ0) is 14.1. The van der Waals surface area contributed by atoms with E-state index in [1.807, 2.05) is 0 Å². The number of hydrogen-bond donors (Lipinski definition) is 0. The molecular weight excluding hydrogens is 330 g/mol. The van der Waals surface area contributed by atoms with Gasteiger partial charge >= 0.3 is 0 Å². The van der Waals surface area contributed by atoms with E-state index < -0.39 is 15.5 Å². The van der Waals surface area contributed by atoms with E-state index in [9.17, 15) is 0 Å². The summed E-state index contributed by atoms with van der Waals surface area (Å²) in [7, 11) is 3.10. The van der Waals surface area contributed by atoms with Crippen LogP contribution in [0.2, 0.25) is 0 Å². The molecule has 6 heteroatoms. The van der Waals surface area contributed by atoms with Crippen LogP contribution in [0.1, 0.15) is 25.7 Å². The minimum atomic E-state index is -1.20. The molecule has 0 unspecified atom stereocenters. The van der Waals surface area contributed by atoms with Gasteiger partial charge in [-0.3, -0.25) is 0 Å². The number of alkyl halides is 2. The van der Waals surface area contributed by atoms with Crippen molar-refractivity contribution in [1.29, 1.82) is 0 Å². The topological polar surface area (TPSA) is 18.5 Å². The van der Waals surface area contributed by atoms with Crippen LogP contribution in [0.15, 0.2) is 10.1 Å². The lowest BCUT2D eigenvalue weighted by atomic mass is 9.73. The second-order valence-electron chi connectivity index (χ2n) is 5.57. The summed E-state index contributed by atoms with van der Waals surface area (Å²) in [5, 5.41) is 0.773. The van der Waals surface area contributed by atoms with E-state index in [0.717, 1.165) is 25.7 Å². The van der Waals surface area contributed by atoms with Crippen LogP contribution in [0.25, 0.3) is 0 Å². The molecule has 19 heavy (non-hydrogen) atoms. The van der Waals surface area contributed by atoms with Gasteiger partial charge in [-0.05, 0) is 24.7 Å². The second-order valence-corrected chi connectivity index (χ2v) is 7.52. The van der Waals surface area contributed by atoms with Crippen LogP contribution in [0.4, 0.5) is 0 Å². The molecule has 0 saturated heterocycles. The molecule has 108 valence electrons. The van der Waals surface area contributed by atoms with Crippen LogP contribution in [0, 0.1) is 11.8 Å². The minimum Gasteiger partial charge on any atom is -0.350 e. The zero-order valence-corrected chi connectivity index (χ0v) is 13.8. The summed E-state index contributed by atoms with van der Waals surface area (Å²) in [5.74, 6) is -0.928. The fourth-order valence-corrected chi connectivity index (χ4v) is 6.74. The Labute approximate surface area is 133 Å². The van der Waals surface area contributed by atoms with E-state index in [-0.39, 0.29) is 11.8 Å². The lowest BCUT2D eigenvalue weighted by molar-refractivity contribution is -0.220. The molecule has 2 saturated carbocycles. The first-order valence-corrected chi connectivity index (χ1v) is 7.97. The van der Waals surface area contributed by atoms with Gasteiger partial charge in [0, 0.05) is 14.2 Å². The zero-order valence-electron chi connectivity index (χ0n) is 10.8. The van der Waals surface area contributed by atoms with Gasteiger partial charge in [-0.1, -0.05) is 36.0 Å². The highest BCUT2D eigenvalue weighted by Crippen LogP contribution is 2.75. The summed E-state index contributed by atoms with van der Waals surface area (Å²) in [6, 6.07) is 0. The van der Waals surface area contributed by atoms with Gasteiger partial charge in [0.25, 0.3) is 0 Å². The summed E-state index contributed by atoms with van der Waals surface area (Å²) in [4.78, 5) is -1.97. The molecule has 0 radical (unpaired) electrons. The average Bonchev–Trinajstić information content (AvgIpc) is 2.69. The van der Waals surface area contributed by atoms with Gasteiger partial charge < -0.3 is 9.47 Å². The Bertz CT molecular complexity index is 412. The Morgan fingerprint density at radius 1 is 0.895 bits per heavy atom. The molecule has 4 atom stereocenters. The fourth-order valence-electron chi connectivity index (χ4n) is 4.45. The molecular formula is C13H16Cl4O2. The third-order valence-electron chi connectivity index (χ3n) is 5.15. The van der Waals surface area contributed by atoms with Crippen LogP contribution < -0.4 is 0 Å². The Hall–Kier alpha value is 0.820. The predicted octanol–water partition coefficient (Wildman–Crippen LogP) is 4.45. The molecule has 0 heterocycles. The lowest BCUT2D eigenvalue weighted by Crippen LogP contribution is -2.57. The monoisotopic (exact) mass is 344 g/mol. The average molecular weight is 346 g/mol. The maximum atomic E-state index is 6.92. The molecule has 2 fully saturated rings. The van der Waals surface area contributed by atoms with Gasteiger partial charge in [0.15, 0.2) is 0 Å². The van der Waals surface area contributed by atoms with Crippen molar-refractivity contribution in [2.24, 2.45) is 11.8 Å². The lowest BCUT2D eigenvalue weighted by Gasteiger charge is -2.41. The molecule has 2 bridgehead atoms. The van der Waals surface area contributed by atoms with Crippen molar-refractivity contribution in [2.45, 2.75) is 41.2 Å². The highest BCUT2D eigenvalue weighted by Gasteiger charge is 2.84. The minimum absolute atomic E-state index is 0.135. The summed E-state index contributed by atoms with van der Waals surface area (Å²) in [6.45, 7) is 0. The maximum Gasteiger partial charge on any atom is 0.217 e. The first-order chi connectivity index (χ1) is 8.91. The van der Waals surface area contributed by atoms with Gasteiger partial charge in [0.1, 0.15) is 9.75 Å². The summed E-state index contributed by atoms with van der Waals surface area (Å²) >= 11 is 26.7. The Balaban J connectivity index is 2.27. The standard InChI is InChI=1S/C13H16Cl4O2/c1-18-13(19-2)11(16)7-5-3-4-6-8(7)12(13,17)10(15)9(11)14/h7-8H,3-6H2,1-2H3/t7-,8-,11-,12-/m0/s1. The van der Waals surface area contributed by atoms with E-state index in [1.165, 1.54) is 0 Å². The van der Waals surface area contributed by atoms with E-state index in [1.54, 1.807) is 14.2 Å². The van der Waals surface area contributed by atoms with Crippen LogP contribution in [-0.4, -0.2) is 29.8 Å². The van der Waals surface area contributed by atoms with Crippen LogP contribution in [0.3, 0.4) is 0 Å². The van der Waals surface area contributed by atoms with Gasteiger partial charge in [-0.2, -0.15) is 0 Å². The molecule has 0 spiro atoms. The number of rotatable bonds is 2. The summed E-state index contributed by atoms with van der Waals surface area (Å²) in [6.07, 6.45) is 4.18. The summed E-state index contributed by atoms with van der Waals surface area (Å²) in [5.41, 5.74) is 0. The highest BCUT2D eigenvalue weighted by atomic mass is 35.5. The Kier molecular flexibility index (Phi) is 3.42. The molecule has 3 aliphatic carbocycles. The van der Waals surface area contributed by atoms with Gasteiger partial charge in [0.05, 0.1) is 10.1 Å². The molecule has 0 aromatic rings. The quantitative estimate of drug-likeness (QED) is 0.543. The highest BCUT2D eigenvalue weighted by molar-refractivity contribution is 6.52. The maximum absolute atomic E-state index is 6.92. The third kappa shape index (κ3) is 1.31. The first kappa shape index (κ1) is 14.7. The van der Waals surface area contributed by atoms with E-state index in [2.05, 4.69) is 0 Å². The molecule has 0 N–H and O–H groups in total. The molecule has 2 nitrogen and oxygen atoms in total. The summed E-state index contributed by atoms with van der Waals surface area (Å²) < 4.78 is 11.4. The van der Waals surface area contributed by atoms with Crippen LogP contribution in [0.5, 0.6) is 0 Å². The Morgan fingerprint density at radius 3 is 1.58 bits per heavy atom. The molecule has 0 aromatic carbocycles. The first-order valence-electron chi connectivity index (χ1n) is 6.46. The predicted molar refractivity (Wildman–Crippen MR) is 78.1 cm³/mol. The number of fused-ring (bicyclic) bond motifs is 5. The molecule has 3 aliphatic rings. The van der Waals surface area contributed by atoms with Crippen molar-refractivity contribution in [3.8, 4) is 0 Å². The van der Waals surface area contributed by atoms with E-state index >= 15 is 0 Å². The molecule has 0 aromatic heterocycles. The smallest absolute Gasteiger partial charge is 0.217 e. The number of methoxy groups -OCH3 is 2. The molecule has 0 aliphatic heterocycles. The van der Waals surface area contributed by atoms with Crippen molar-refractivity contribution in [2.75, 3.05) is 14.2 Å². The fraction of sp³-hybridized carbons (Fsp3) is 0.846.